The van der Waals surface area contributed by atoms with E-state index in [0.29, 0.717) is 30.6 Å². The summed E-state index contributed by atoms with van der Waals surface area (Å²) >= 11 is 0. The van der Waals surface area contributed by atoms with E-state index in [-0.39, 0.29) is 12.5 Å². The van der Waals surface area contributed by atoms with Crippen LogP contribution >= 0.6 is 0 Å². The van der Waals surface area contributed by atoms with Gasteiger partial charge in [-0.15, -0.1) is 0 Å². The number of carbonyl (C=O) groups is 1. The summed E-state index contributed by atoms with van der Waals surface area (Å²) in [6.07, 6.45) is 1.45. The van der Waals surface area contributed by atoms with Gasteiger partial charge in [0.15, 0.2) is 0 Å². The summed E-state index contributed by atoms with van der Waals surface area (Å²) in [5.74, 6) is -0.0401. The molecule has 24 heavy (non-hydrogen) atoms. The fourth-order valence-electron chi connectivity index (χ4n) is 2.63. The summed E-state index contributed by atoms with van der Waals surface area (Å²) in [4.78, 5) is 14.7. The van der Waals surface area contributed by atoms with Crippen LogP contribution in [0.1, 0.15) is 28.8 Å². The first-order valence-corrected chi connectivity index (χ1v) is 8.02. The van der Waals surface area contributed by atoms with Gasteiger partial charge in [0.05, 0.1) is 0 Å². The number of H-pyrrole nitrogens is 1. The third-order valence-electron chi connectivity index (χ3n) is 3.90. The molecule has 0 unspecified atom stereocenters. The first-order valence-electron chi connectivity index (χ1n) is 8.02. The van der Waals surface area contributed by atoms with Gasteiger partial charge in [0.2, 0.25) is 0 Å². The van der Waals surface area contributed by atoms with E-state index in [0.717, 1.165) is 17.5 Å². The highest BCUT2D eigenvalue weighted by molar-refractivity contribution is 5.97. The SMILES string of the molecule is O=C(c1ccc2n[nH]nc2c1)N(CCCCO)Cc1ccccc1. The third-order valence-corrected chi connectivity index (χ3v) is 3.90. The van der Waals surface area contributed by atoms with E-state index in [1.807, 2.05) is 35.2 Å². The van der Waals surface area contributed by atoms with E-state index in [1.54, 1.807) is 18.2 Å². The number of carbonyl (C=O) groups excluding carboxylic acids is 1. The Kier molecular flexibility index (Phi) is 5.18. The first-order chi connectivity index (χ1) is 11.8. The molecule has 6 nitrogen and oxygen atoms in total. The minimum absolute atomic E-state index is 0.0401. The van der Waals surface area contributed by atoms with Crippen molar-refractivity contribution in [3.63, 3.8) is 0 Å². The van der Waals surface area contributed by atoms with Gasteiger partial charge in [0, 0.05) is 25.3 Å². The quantitative estimate of drug-likeness (QED) is 0.654. The van der Waals surface area contributed by atoms with Crippen LogP contribution in [-0.2, 0) is 6.54 Å². The minimum atomic E-state index is -0.0401. The van der Waals surface area contributed by atoms with Crippen LogP contribution in [0, 0.1) is 0 Å². The van der Waals surface area contributed by atoms with E-state index in [9.17, 15) is 4.79 Å². The highest BCUT2D eigenvalue weighted by Gasteiger charge is 2.17. The lowest BCUT2D eigenvalue weighted by atomic mass is 10.1. The predicted octanol–water partition coefficient (Wildman–Crippen LogP) is 2.37. The summed E-state index contributed by atoms with van der Waals surface area (Å²) in [5.41, 5.74) is 3.09. The van der Waals surface area contributed by atoms with Crippen molar-refractivity contribution in [2.24, 2.45) is 0 Å². The van der Waals surface area contributed by atoms with Gasteiger partial charge in [0.25, 0.3) is 5.91 Å². The molecular formula is C18H20N4O2. The molecule has 0 atom stereocenters. The molecule has 0 saturated carbocycles. The molecule has 0 saturated heterocycles. The Morgan fingerprint density at radius 1 is 1.04 bits per heavy atom. The Bertz CT molecular complexity index is 801. The number of aromatic amines is 1. The van der Waals surface area contributed by atoms with Crippen molar-refractivity contribution in [2.45, 2.75) is 19.4 Å². The molecule has 124 valence electrons. The minimum Gasteiger partial charge on any atom is -0.396 e. The number of nitrogens with one attached hydrogen (secondary N) is 1. The Morgan fingerprint density at radius 2 is 1.83 bits per heavy atom. The zero-order valence-electron chi connectivity index (χ0n) is 13.4. The third kappa shape index (κ3) is 3.78. The average molecular weight is 324 g/mol. The molecule has 1 amide bonds. The van der Waals surface area contributed by atoms with Crippen LogP contribution in [-0.4, -0.2) is 44.5 Å². The Labute approximate surface area is 140 Å². The van der Waals surface area contributed by atoms with E-state index in [2.05, 4.69) is 15.4 Å². The van der Waals surface area contributed by atoms with Gasteiger partial charge >= 0.3 is 0 Å². The van der Waals surface area contributed by atoms with Crippen molar-refractivity contribution in [3.05, 3.63) is 59.7 Å². The smallest absolute Gasteiger partial charge is 0.254 e. The predicted molar refractivity (Wildman–Crippen MR) is 91.4 cm³/mol. The molecule has 0 aliphatic heterocycles. The monoisotopic (exact) mass is 324 g/mol. The largest absolute Gasteiger partial charge is 0.396 e. The maximum absolute atomic E-state index is 12.9. The van der Waals surface area contributed by atoms with Crippen molar-refractivity contribution in [1.82, 2.24) is 20.3 Å². The van der Waals surface area contributed by atoms with Gasteiger partial charge in [-0.25, -0.2) is 0 Å². The van der Waals surface area contributed by atoms with Crippen LogP contribution in [0.3, 0.4) is 0 Å². The zero-order valence-corrected chi connectivity index (χ0v) is 13.4. The lowest BCUT2D eigenvalue weighted by molar-refractivity contribution is 0.0737. The fraction of sp³-hybridized carbons (Fsp3) is 0.278. The highest BCUT2D eigenvalue weighted by Crippen LogP contribution is 2.15. The van der Waals surface area contributed by atoms with Crippen molar-refractivity contribution in [2.75, 3.05) is 13.2 Å². The molecule has 2 N–H and O–H groups in total. The molecule has 3 aromatic rings. The highest BCUT2D eigenvalue weighted by atomic mass is 16.3. The summed E-state index contributed by atoms with van der Waals surface area (Å²) in [5, 5.41) is 19.6. The number of aliphatic hydroxyl groups excluding tert-OH is 1. The van der Waals surface area contributed by atoms with Crippen LogP contribution in [0.5, 0.6) is 0 Å². The number of aliphatic hydroxyl groups is 1. The molecular weight excluding hydrogens is 304 g/mol. The van der Waals surface area contributed by atoms with Gasteiger partial charge < -0.3 is 10.0 Å². The van der Waals surface area contributed by atoms with Gasteiger partial charge in [-0.05, 0) is 36.6 Å². The molecule has 0 bridgehead atoms. The molecule has 6 heteroatoms. The van der Waals surface area contributed by atoms with E-state index in [1.165, 1.54) is 0 Å². The maximum atomic E-state index is 12.9. The number of hydrogen-bond donors (Lipinski definition) is 2. The average Bonchev–Trinajstić information content (AvgIpc) is 3.09. The van der Waals surface area contributed by atoms with Crippen molar-refractivity contribution >= 4 is 16.9 Å². The second kappa shape index (κ2) is 7.70. The Balaban J connectivity index is 1.80. The van der Waals surface area contributed by atoms with Gasteiger partial charge in [-0.3, -0.25) is 4.79 Å². The van der Waals surface area contributed by atoms with E-state index < -0.39 is 0 Å². The second-order valence-corrected chi connectivity index (χ2v) is 5.67. The van der Waals surface area contributed by atoms with Crippen molar-refractivity contribution in [1.29, 1.82) is 0 Å². The number of rotatable bonds is 7. The lowest BCUT2D eigenvalue weighted by Gasteiger charge is -2.23. The summed E-state index contributed by atoms with van der Waals surface area (Å²) in [6, 6.07) is 15.2. The standard InChI is InChI=1S/C18H20N4O2/c23-11-5-4-10-22(13-14-6-2-1-3-7-14)18(24)15-8-9-16-17(12-15)20-21-19-16/h1-3,6-9,12,23H,4-5,10-11,13H2,(H,19,20,21). The Hall–Kier alpha value is -2.73. The Morgan fingerprint density at radius 3 is 2.62 bits per heavy atom. The first kappa shape index (κ1) is 16.1. The molecule has 3 rings (SSSR count). The number of nitrogens with zero attached hydrogens (tertiary/aromatic N) is 3. The van der Waals surface area contributed by atoms with Crippen LogP contribution in [0.25, 0.3) is 11.0 Å². The molecule has 0 fully saturated rings. The number of amides is 1. The number of aromatic nitrogens is 3. The van der Waals surface area contributed by atoms with Crippen LogP contribution in [0.4, 0.5) is 0 Å². The summed E-state index contributed by atoms with van der Waals surface area (Å²) in [7, 11) is 0. The molecule has 1 heterocycles. The van der Waals surface area contributed by atoms with E-state index >= 15 is 0 Å². The number of fused-ring (bicyclic) bond motifs is 1. The van der Waals surface area contributed by atoms with Gasteiger partial charge in [0.1, 0.15) is 11.0 Å². The van der Waals surface area contributed by atoms with Gasteiger partial charge in [-0.2, -0.15) is 15.4 Å². The maximum Gasteiger partial charge on any atom is 0.254 e. The lowest BCUT2D eigenvalue weighted by Crippen LogP contribution is -2.31. The van der Waals surface area contributed by atoms with Crippen LogP contribution in [0.2, 0.25) is 0 Å². The zero-order chi connectivity index (χ0) is 16.8. The molecule has 0 spiro atoms. The van der Waals surface area contributed by atoms with Crippen LogP contribution < -0.4 is 0 Å². The number of unbranched alkanes of at least 4 members (excludes halogenated alkanes) is 1. The second-order valence-electron chi connectivity index (χ2n) is 5.67. The summed E-state index contributed by atoms with van der Waals surface area (Å²) < 4.78 is 0. The summed E-state index contributed by atoms with van der Waals surface area (Å²) in [6.45, 7) is 1.28. The molecule has 0 aliphatic rings. The number of benzene rings is 2. The number of hydrogen-bond acceptors (Lipinski definition) is 4. The van der Waals surface area contributed by atoms with Gasteiger partial charge in [-0.1, -0.05) is 30.3 Å². The molecule has 0 aliphatic carbocycles. The fourth-order valence-corrected chi connectivity index (χ4v) is 2.63. The molecule has 2 aromatic carbocycles. The molecule has 1 aromatic heterocycles. The normalized spacial score (nSPS) is 10.9. The van der Waals surface area contributed by atoms with E-state index in [4.69, 9.17) is 5.11 Å². The van der Waals surface area contributed by atoms with Crippen molar-refractivity contribution in [3.8, 4) is 0 Å². The topological polar surface area (TPSA) is 82.1 Å². The molecule has 0 radical (unpaired) electrons. The van der Waals surface area contributed by atoms with Crippen LogP contribution in [0.15, 0.2) is 48.5 Å². The van der Waals surface area contributed by atoms with Crippen molar-refractivity contribution < 1.29 is 9.90 Å².